The van der Waals surface area contributed by atoms with Gasteiger partial charge in [-0.25, -0.2) is 19.2 Å². The molecule has 0 unspecified atom stereocenters. The summed E-state index contributed by atoms with van der Waals surface area (Å²) in [7, 11) is 0. The molecular formula is C15H20O8. The molecule has 0 aliphatic heterocycles. The molecule has 0 amide bonds. The molecule has 0 bridgehead atoms. The van der Waals surface area contributed by atoms with Gasteiger partial charge in [-0.3, -0.25) is 0 Å². The molecule has 23 heavy (non-hydrogen) atoms. The van der Waals surface area contributed by atoms with Crippen molar-refractivity contribution in [3.8, 4) is 0 Å². The molecule has 0 aromatic rings. The van der Waals surface area contributed by atoms with Gasteiger partial charge in [0.1, 0.15) is 13.2 Å². The molecule has 0 rings (SSSR count). The van der Waals surface area contributed by atoms with Crippen LogP contribution in [0.5, 0.6) is 0 Å². The van der Waals surface area contributed by atoms with Crippen LogP contribution in [0.1, 0.15) is 20.8 Å². The first kappa shape index (κ1) is 20.4. The fourth-order valence-corrected chi connectivity index (χ4v) is 1.09. The minimum absolute atomic E-state index is 0.00606. The van der Waals surface area contributed by atoms with E-state index in [-0.39, 0.29) is 17.8 Å². The second-order valence-corrected chi connectivity index (χ2v) is 4.51. The van der Waals surface area contributed by atoms with Crippen molar-refractivity contribution in [2.45, 2.75) is 26.9 Å². The van der Waals surface area contributed by atoms with Gasteiger partial charge in [0.15, 0.2) is 6.10 Å². The van der Waals surface area contributed by atoms with Crippen LogP contribution in [-0.2, 0) is 38.1 Å². The summed E-state index contributed by atoms with van der Waals surface area (Å²) in [5.41, 5.74) is 0.277. The molecular weight excluding hydrogens is 308 g/mol. The van der Waals surface area contributed by atoms with E-state index in [0.717, 1.165) is 0 Å². The van der Waals surface area contributed by atoms with E-state index < -0.39 is 43.2 Å². The highest BCUT2D eigenvalue weighted by Gasteiger charge is 2.25. The lowest BCUT2D eigenvalue weighted by atomic mass is 10.3. The smallest absolute Gasteiger partial charge is 0.418 e. The minimum Gasteiger partial charge on any atom is -0.458 e. The average molecular weight is 328 g/mol. The topological polar surface area (TPSA) is 105 Å². The molecule has 8 nitrogen and oxygen atoms in total. The van der Waals surface area contributed by atoms with Gasteiger partial charge in [-0.15, -0.1) is 0 Å². The SMILES string of the molecule is C=C(C)C(=O)OCC(COC(=O)C(=C)C)OC(=O)C(=O)OCC. The Bertz CT molecular complexity index is 476. The van der Waals surface area contributed by atoms with E-state index in [9.17, 15) is 19.2 Å². The van der Waals surface area contributed by atoms with Crippen LogP contribution >= 0.6 is 0 Å². The van der Waals surface area contributed by atoms with Gasteiger partial charge in [0, 0.05) is 11.1 Å². The largest absolute Gasteiger partial charge is 0.458 e. The Morgan fingerprint density at radius 2 is 1.22 bits per heavy atom. The van der Waals surface area contributed by atoms with Crippen molar-refractivity contribution in [2.24, 2.45) is 0 Å². The highest BCUT2D eigenvalue weighted by atomic mass is 16.6. The molecule has 0 N–H and O–H groups in total. The van der Waals surface area contributed by atoms with Crippen molar-refractivity contribution in [3.63, 3.8) is 0 Å². The summed E-state index contributed by atoms with van der Waals surface area (Å²) < 4.78 is 18.9. The van der Waals surface area contributed by atoms with Crippen LogP contribution in [0.4, 0.5) is 0 Å². The third kappa shape index (κ3) is 8.40. The zero-order chi connectivity index (χ0) is 18.0. The van der Waals surface area contributed by atoms with E-state index in [0.29, 0.717) is 0 Å². The average Bonchev–Trinajstić information content (AvgIpc) is 2.48. The molecule has 0 aromatic carbocycles. The number of esters is 4. The zero-order valence-electron chi connectivity index (χ0n) is 13.4. The van der Waals surface area contributed by atoms with E-state index in [1.165, 1.54) is 20.8 Å². The third-order valence-corrected chi connectivity index (χ3v) is 2.21. The lowest BCUT2D eigenvalue weighted by Crippen LogP contribution is -2.34. The summed E-state index contributed by atoms with van der Waals surface area (Å²) in [6.07, 6.45) is -1.17. The lowest BCUT2D eigenvalue weighted by molar-refractivity contribution is -0.176. The predicted molar refractivity (Wildman–Crippen MR) is 78.1 cm³/mol. The molecule has 0 saturated heterocycles. The molecule has 8 heteroatoms. The Labute approximate surface area is 134 Å². The zero-order valence-corrected chi connectivity index (χ0v) is 13.4. The van der Waals surface area contributed by atoms with Gasteiger partial charge in [-0.2, -0.15) is 0 Å². The Balaban J connectivity index is 4.71. The monoisotopic (exact) mass is 328 g/mol. The fourth-order valence-electron chi connectivity index (χ4n) is 1.09. The van der Waals surface area contributed by atoms with Crippen LogP contribution in [0.2, 0.25) is 0 Å². The normalized spacial score (nSPS) is 9.74. The van der Waals surface area contributed by atoms with Crippen molar-refractivity contribution in [3.05, 3.63) is 24.3 Å². The Kier molecular flexibility index (Phi) is 8.98. The number of hydrogen-bond acceptors (Lipinski definition) is 8. The van der Waals surface area contributed by atoms with Crippen molar-refractivity contribution in [1.82, 2.24) is 0 Å². The van der Waals surface area contributed by atoms with Crippen molar-refractivity contribution in [2.75, 3.05) is 19.8 Å². The molecule has 0 radical (unpaired) electrons. The Morgan fingerprint density at radius 1 is 0.783 bits per heavy atom. The van der Waals surface area contributed by atoms with E-state index in [4.69, 9.17) is 14.2 Å². The van der Waals surface area contributed by atoms with Crippen molar-refractivity contribution in [1.29, 1.82) is 0 Å². The second kappa shape index (κ2) is 10.1. The van der Waals surface area contributed by atoms with Crippen LogP contribution in [0.15, 0.2) is 24.3 Å². The van der Waals surface area contributed by atoms with Gasteiger partial charge >= 0.3 is 23.9 Å². The Morgan fingerprint density at radius 3 is 1.57 bits per heavy atom. The third-order valence-electron chi connectivity index (χ3n) is 2.21. The van der Waals surface area contributed by atoms with Crippen LogP contribution in [0.3, 0.4) is 0 Å². The van der Waals surface area contributed by atoms with E-state index >= 15 is 0 Å². The first-order valence-electron chi connectivity index (χ1n) is 6.72. The Hall–Kier alpha value is -2.64. The first-order chi connectivity index (χ1) is 10.7. The maximum absolute atomic E-state index is 11.5. The van der Waals surface area contributed by atoms with Crippen LogP contribution in [-0.4, -0.2) is 49.8 Å². The molecule has 0 spiro atoms. The summed E-state index contributed by atoms with van der Waals surface area (Å²) in [4.78, 5) is 45.4. The van der Waals surface area contributed by atoms with Gasteiger partial charge in [-0.1, -0.05) is 13.2 Å². The van der Waals surface area contributed by atoms with Gasteiger partial charge < -0.3 is 18.9 Å². The van der Waals surface area contributed by atoms with Crippen LogP contribution in [0, 0.1) is 0 Å². The second-order valence-electron chi connectivity index (χ2n) is 4.51. The van der Waals surface area contributed by atoms with Crippen LogP contribution in [0.25, 0.3) is 0 Å². The summed E-state index contributed by atoms with van der Waals surface area (Å²) in [5.74, 6) is -3.91. The molecule has 128 valence electrons. The van der Waals surface area contributed by atoms with Crippen LogP contribution < -0.4 is 0 Å². The standard InChI is InChI=1S/C15H20O8/c1-6-20-14(18)15(19)23-11(7-21-12(16)9(2)3)8-22-13(17)10(4)5/h11H,2,4,6-8H2,1,3,5H3. The van der Waals surface area contributed by atoms with E-state index in [2.05, 4.69) is 17.9 Å². The lowest BCUT2D eigenvalue weighted by Gasteiger charge is -2.17. The highest BCUT2D eigenvalue weighted by Crippen LogP contribution is 2.03. The molecule has 0 aliphatic carbocycles. The molecule has 0 heterocycles. The maximum atomic E-state index is 11.5. The molecule has 0 atom stereocenters. The minimum atomic E-state index is -1.28. The highest BCUT2D eigenvalue weighted by molar-refractivity contribution is 6.29. The van der Waals surface area contributed by atoms with Crippen molar-refractivity contribution >= 4 is 23.9 Å². The van der Waals surface area contributed by atoms with Gasteiger partial charge in [0.2, 0.25) is 0 Å². The number of carbonyl (C=O) groups excluding carboxylic acids is 4. The first-order valence-corrected chi connectivity index (χ1v) is 6.72. The summed E-state index contributed by atoms with van der Waals surface area (Å²) in [6, 6.07) is 0. The molecule has 0 aromatic heterocycles. The summed E-state index contributed by atoms with van der Waals surface area (Å²) >= 11 is 0. The summed E-state index contributed by atoms with van der Waals surface area (Å²) in [5, 5.41) is 0. The fraction of sp³-hybridized carbons (Fsp3) is 0.467. The number of ether oxygens (including phenoxy) is 4. The van der Waals surface area contributed by atoms with E-state index in [1.54, 1.807) is 0 Å². The molecule has 0 aliphatic rings. The van der Waals surface area contributed by atoms with Gasteiger partial charge in [-0.05, 0) is 20.8 Å². The van der Waals surface area contributed by atoms with Gasteiger partial charge in [0.05, 0.1) is 6.61 Å². The number of rotatable bonds is 8. The van der Waals surface area contributed by atoms with Crippen molar-refractivity contribution < 1.29 is 38.1 Å². The van der Waals surface area contributed by atoms with Gasteiger partial charge in [0.25, 0.3) is 0 Å². The maximum Gasteiger partial charge on any atom is 0.418 e. The number of hydrogen-bond donors (Lipinski definition) is 0. The predicted octanol–water partition coefficient (Wildman–Crippen LogP) is 0.700. The summed E-state index contributed by atoms with van der Waals surface area (Å²) in [6.45, 7) is 10.3. The van der Waals surface area contributed by atoms with E-state index in [1.807, 2.05) is 0 Å². The molecule has 0 fully saturated rings. The molecule has 0 saturated carbocycles. The quantitative estimate of drug-likeness (QED) is 0.277. The number of carbonyl (C=O) groups is 4.